The molecule has 28 heavy (non-hydrogen) atoms. The molecule has 7 nitrogen and oxygen atoms in total. The molecule has 0 heterocycles. The third kappa shape index (κ3) is 5.78. The lowest BCUT2D eigenvalue weighted by Crippen LogP contribution is -2.36. The van der Waals surface area contributed by atoms with Gasteiger partial charge < -0.3 is 9.64 Å². The first kappa shape index (κ1) is 21.9. The van der Waals surface area contributed by atoms with Crippen LogP contribution in [0.1, 0.15) is 74.2 Å². The van der Waals surface area contributed by atoms with Crippen molar-refractivity contribution in [3.8, 4) is 5.75 Å². The van der Waals surface area contributed by atoms with Crippen LogP contribution in [-0.4, -0.2) is 41.2 Å². The Hall–Kier alpha value is -2.44. The normalized spacial score (nSPS) is 15.0. The molecule has 1 aliphatic rings. The summed E-state index contributed by atoms with van der Waals surface area (Å²) in [4.78, 5) is 36.9. The predicted molar refractivity (Wildman–Crippen MR) is 107 cm³/mol. The third-order valence-corrected chi connectivity index (χ3v) is 5.34. The fourth-order valence-corrected chi connectivity index (χ4v) is 3.74. The average Bonchev–Trinajstić information content (AvgIpc) is 2.92. The number of Topliss-reactive ketones (excluding diaryl/α,β-unsaturated/α-hetero) is 1. The molecular formula is C21H30N2O5. The number of hydrogen-bond donors (Lipinski definition) is 0. The molecule has 0 aliphatic heterocycles. The highest BCUT2D eigenvalue weighted by Gasteiger charge is 2.25. The molecule has 0 bridgehead atoms. The van der Waals surface area contributed by atoms with E-state index in [-0.39, 0.29) is 35.3 Å². The molecule has 1 aliphatic carbocycles. The van der Waals surface area contributed by atoms with Gasteiger partial charge in [-0.2, -0.15) is 0 Å². The van der Waals surface area contributed by atoms with E-state index in [4.69, 9.17) is 4.74 Å². The van der Waals surface area contributed by atoms with Gasteiger partial charge in [0.15, 0.2) is 11.5 Å². The largest absolute Gasteiger partial charge is 0.487 e. The maximum absolute atomic E-state index is 12.5. The number of carbonyl (C=O) groups is 2. The number of ketones is 1. The van der Waals surface area contributed by atoms with E-state index in [1.807, 2.05) is 11.9 Å². The topological polar surface area (TPSA) is 89.8 Å². The van der Waals surface area contributed by atoms with Crippen LogP contribution in [0.5, 0.6) is 5.75 Å². The summed E-state index contributed by atoms with van der Waals surface area (Å²) in [5.41, 5.74) is 0.458. The number of amides is 1. The maximum atomic E-state index is 12.5. The van der Waals surface area contributed by atoms with Crippen LogP contribution >= 0.6 is 0 Å². The minimum absolute atomic E-state index is 0.0455. The van der Waals surface area contributed by atoms with Crippen molar-refractivity contribution >= 4 is 17.4 Å². The Morgan fingerprint density at radius 3 is 2.43 bits per heavy atom. The number of benzene rings is 1. The van der Waals surface area contributed by atoms with Crippen molar-refractivity contribution in [2.45, 2.75) is 71.3 Å². The number of ether oxygens (including phenoxy) is 1. The van der Waals surface area contributed by atoms with E-state index in [9.17, 15) is 19.7 Å². The minimum atomic E-state index is -0.587. The lowest BCUT2D eigenvalue weighted by molar-refractivity contribution is -0.386. The molecule has 0 radical (unpaired) electrons. The average molecular weight is 390 g/mol. The minimum Gasteiger partial charge on any atom is -0.487 e. The molecule has 154 valence electrons. The molecule has 1 saturated carbocycles. The third-order valence-electron chi connectivity index (χ3n) is 5.34. The van der Waals surface area contributed by atoms with Crippen LogP contribution in [-0.2, 0) is 4.79 Å². The number of aryl methyl sites for hydroxylation is 1. The Morgan fingerprint density at radius 1 is 1.21 bits per heavy atom. The first-order valence-electron chi connectivity index (χ1n) is 9.99. The van der Waals surface area contributed by atoms with Gasteiger partial charge in [-0.05, 0) is 50.8 Å². The number of nitrogens with zero attached hydrogens (tertiary/aromatic N) is 2. The van der Waals surface area contributed by atoms with Gasteiger partial charge in [0.1, 0.15) is 0 Å². The predicted octanol–water partition coefficient (Wildman–Crippen LogP) is 4.45. The summed E-state index contributed by atoms with van der Waals surface area (Å²) in [7, 11) is 1.86. The van der Waals surface area contributed by atoms with Crippen molar-refractivity contribution in [3.05, 3.63) is 33.4 Å². The molecule has 0 N–H and O–H groups in total. The van der Waals surface area contributed by atoms with E-state index in [1.54, 1.807) is 13.0 Å². The second-order valence-corrected chi connectivity index (χ2v) is 7.57. The zero-order chi connectivity index (χ0) is 20.7. The molecule has 0 aromatic heterocycles. The number of carbonyl (C=O) groups excluding carboxylic acids is 2. The maximum Gasteiger partial charge on any atom is 0.321 e. The molecule has 0 atom stereocenters. The van der Waals surface area contributed by atoms with E-state index in [0.29, 0.717) is 18.9 Å². The molecule has 2 rings (SSSR count). The molecule has 1 aromatic carbocycles. The fourth-order valence-electron chi connectivity index (χ4n) is 3.74. The number of hydrogen-bond acceptors (Lipinski definition) is 5. The van der Waals surface area contributed by atoms with Crippen LogP contribution in [0.4, 0.5) is 5.69 Å². The van der Waals surface area contributed by atoms with Crippen LogP contribution < -0.4 is 4.74 Å². The molecule has 1 amide bonds. The zero-order valence-electron chi connectivity index (χ0n) is 17.0. The smallest absolute Gasteiger partial charge is 0.321 e. The van der Waals surface area contributed by atoms with Crippen LogP contribution in [0, 0.1) is 17.0 Å². The van der Waals surface area contributed by atoms with E-state index in [2.05, 4.69) is 0 Å². The quantitative estimate of drug-likeness (QED) is 0.215. The number of nitro benzene ring substituents is 1. The summed E-state index contributed by atoms with van der Waals surface area (Å²) >= 11 is 0. The van der Waals surface area contributed by atoms with Gasteiger partial charge in [-0.1, -0.05) is 25.7 Å². The highest BCUT2D eigenvalue weighted by molar-refractivity contribution is 5.99. The van der Waals surface area contributed by atoms with Gasteiger partial charge in [-0.25, -0.2) is 0 Å². The molecule has 1 aromatic rings. The van der Waals surface area contributed by atoms with Crippen LogP contribution in [0.15, 0.2) is 12.1 Å². The van der Waals surface area contributed by atoms with E-state index < -0.39 is 4.92 Å². The van der Waals surface area contributed by atoms with Crippen molar-refractivity contribution < 1.29 is 19.2 Å². The second-order valence-electron chi connectivity index (χ2n) is 7.57. The Balaban J connectivity index is 1.93. The van der Waals surface area contributed by atoms with Crippen molar-refractivity contribution in [3.63, 3.8) is 0 Å². The first-order chi connectivity index (χ1) is 13.3. The van der Waals surface area contributed by atoms with Crippen LogP contribution in [0.3, 0.4) is 0 Å². The SMILES string of the molecule is CC(=O)c1cc(C)cc(OCCCC(=O)N(C)C2CCCCCC2)c1[N+](=O)[O-]. The molecular weight excluding hydrogens is 360 g/mol. The highest BCUT2D eigenvalue weighted by atomic mass is 16.6. The van der Waals surface area contributed by atoms with E-state index >= 15 is 0 Å². The van der Waals surface area contributed by atoms with E-state index in [0.717, 1.165) is 18.4 Å². The molecule has 1 fully saturated rings. The molecule has 0 saturated heterocycles. The molecule has 0 spiro atoms. The van der Waals surface area contributed by atoms with Crippen molar-refractivity contribution in [2.24, 2.45) is 0 Å². The van der Waals surface area contributed by atoms with Gasteiger partial charge in [0, 0.05) is 19.5 Å². The van der Waals surface area contributed by atoms with Gasteiger partial charge in [0.05, 0.1) is 17.1 Å². The van der Waals surface area contributed by atoms with Gasteiger partial charge >= 0.3 is 5.69 Å². The van der Waals surface area contributed by atoms with Crippen molar-refractivity contribution in [1.29, 1.82) is 0 Å². The standard InChI is InChI=1S/C21H30N2O5/c1-15-13-18(16(2)24)21(23(26)27)19(14-15)28-12-8-11-20(25)22(3)17-9-6-4-5-7-10-17/h13-14,17H,4-12H2,1-3H3. The van der Waals surface area contributed by atoms with Gasteiger partial charge in [0.2, 0.25) is 5.91 Å². The van der Waals surface area contributed by atoms with Crippen LogP contribution in [0.25, 0.3) is 0 Å². The fraction of sp³-hybridized carbons (Fsp3) is 0.619. The second kappa shape index (κ2) is 10.2. The van der Waals surface area contributed by atoms with Crippen LogP contribution in [0.2, 0.25) is 0 Å². The summed E-state index contributed by atoms with van der Waals surface area (Å²) in [6.07, 6.45) is 7.74. The zero-order valence-corrected chi connectivity index (χ0v) is 17.0. The monoisotopic (exact) mass is 390 g/mol. The van der Waals surface area contributed by atoms with Gasteiger partial charge in [-0.15, -0.1) is 0 Å². The Bertz CT molecular complexity index is 724. The molecule has 0 unspecified atom stereocenters. The Kier molecular flexibility index (Phi) is 7.96. The number of nitro groups is 1. The summed E-state index contributed by atoms with van der Waals surface area (Å²) < 4.78 is 5.60. The Morgan fingerprint density at radius 2 is 1.86 bits per heavy atom. The van der Waals surface area contributed by atoms with Crippen molar-refractivity contribution in [2.75, 3.05) is 13.7 Å². The van der Waals surface area contributed by atoms with Crippen molar-refractivity contribution in [1.82, 2.24) is 4.90 Å². The highest BCUT2D eigenvalue weighted by Crippen LogP contribution is 2.33. The lowest BCUT2D eigenvalue weighted by atomic mass is 10.1. The Labute approximate surface area is 166 Å². The molecule has 7 heteroatoms. The summed E-state index contributed by atoms with van der Waals surface area (Å²) in [5, 5.41) is 11.4. The number of rotatable bonds is 8. The van der Waals surface area contributed by atoms with Gasteiger partial charge in [-0.3, -0.25) is 19.7 Å². The van der Waals surface area contributed by atoms with Gasteiger partial charge in [0.25, 0.3) is 0 Å². The summed E-state index contributed by atoms with van der Waals surface area (Å²) in [6.45, 7) is 3.24. The lowest BCUT2D eigenvalue weighted by Gasteiger charge is -2.27. The summed E-state index contributed by atoms with van der Waals surface area (Å²) in [6, 6.07) is 3.37. The van der Waals surface area contributed by atoms with E-state index in [1.165, 1.54) is 38.7 Å². The summed E-state index contributed by atoms with van der Waals surface area (Å²) in [5.74, 6) is -0.209. The first-order valence-corrected chi connectivity index (χ1v) is 9.99.